The number of rotatable bonds is 1. The Morgan fingerprint density at radius 3 is 2.65 bits per heavy atom. The van der Waals surface area contributed by atoms with E-state index in [1.165, 1.54) is 32.0 Å². The van der Waals surface area contributed by atoms with E-state index in [4.69, 9.17) is 4.74 Å². The van der Waals surface area contributed by atoms with Gasteiger partial charge in [0, 0.05) is 11.3 Å². The first-order valence-electron chi connectivity index (χ1n) is 9.77. The number of hydrogen-bond donors (Lipinski definition) is 1. The zero-order chi connectivity index (χ0) is 16.0. The molecule has 1 saturated heterocycles. The van der Waals surface area contributed by atoms with Crippen molar-refractivity contribution in [2.75, 3.05) is 0 Å². The van der Waals surface area contributed by atoms with Crippen LogP contribution < -0.4 is 0 Å². The minimum Gasteiger partial charge on any atom is -0.393 e. The monoisotopic (exact) mass is 318 g/mol. The number of epoxide rings is 1. The number of carbonyl (C=O) groups excluding carboxylic acids is 1. The second kappa shape index (κ2) is 4.40. The van der Waals surface area contributed by atoms with Crippen molar-refractivity contribution in [3.8, 4) is 0 Å². The molecule has 3 heteroatoms. The maximum absolute atomic E-state index is 11.6. The molecule has 3 unspecified atom stereocenters. The van der Waals surface area contributed by atoms with Crippen LogP contribution in [0.2, 0.25) is 0 Å². The molecule has 0 aromatic carbocycles. The first-order chi connectivity index (χ1) is 11.0. The lowest BCUT2D eigenvalue weighted by molar-refractivity contribution is -0.149. The Labute approximate surface area is 139 Å². The van der Waals surface area contributed by atoms with E-state index in [0.717, 1.165) is 31.6 Å². The van der Waals surface area contributed by atoms with E-state index in [9.17, 15) is 9.90 Å². The van der Waals surface area contributed by atoms with Crippen LogP contribution >= 0.6 is 0 Å². The first kappa shape index (κ1) is 14.9. The summed E-state index contributed by atoms with van der Waals surface area (Å²) in [5, 5.41) is 10.1. The van der Waals surface area contributed by atoms with Gasteiger partial charge in [0.05, 0.1) is 12.2 Å². The molecule has 1 heterocycles. The largest absolute Gasteiger partial charge is 0.393 e. The van der Waals surface area contributed by atoms with E-state index in [2.05, 4.69) is 13.8 Å². The van der Waals surface area contributed by atoms with Crippen LogP contribution in [0.4, 0.5) is 0 Å². The van der Waals surface area contributed by atoms with Gasteiger partial charge in [-0.2, -0.15) is 0 Å². The zero-order valence-electron chi connectivity index (χ0n) is 14.5. The second-order valence-corrected chi connectivity index (χ2v) is 9.76. The molecule has 1 spiro atoms. The Morgan fingerprint density at radius 1 is 1.04 bits per heavy atom. The van der Waals surface area contributed by atoms with Gasteiger partial charge in [-0.05, 0) is 74.5 Å². The molecular weight excluding hydrogens is 288 g/mol. The number of aliphatic hydroxyl groups is 1. The van der Waals surface area contributed by atoms with Gasteiger partial charge in [-0.25, -0.2) is 0 Å². The molecule has 1 aliphatic heterocycles. The smallest absolute Gasteiger partial charge is 0.123 e. The summed E-state index contributed by atoms with van der Waals surface area (Å²) >= 11 is 0. The minimum absolute atomic E-state index is 0.0194. The minimum atomic E-state index is -0.0764. The molecule has 5 rings (SSSR count). The predicted octanol–water partition coefficient (Wildman–Crippen LogP) is 3.34. The topological polar surface area (TPSA) is 49.8 Å². The SMILES string of the molecule is C[C@]12CC[C@H](O)CC1CC[C@@H]1[C@@H]2CC[C@]2(C)C(C=O)CC3O[C@]312. The highest BCUT2D eigenvalue weighted by atomic mass is 16.6. The molecular formula is C20H30O3. The summed E-state index contributed by atoms with van der Waals surface area (Å²) in [7, 11) is 0. The highest BCUT2D eigenvalue weighted by molar-refractivity contribution is 5.59. The average Bonchev–Trinajstić information content (AvgIpc) is 3.19. The van der Waals surface area contributed by atoms with Crippen LogP contribution in [-0.2, 0) is 9.53 Å². The van der Waals surface area contributed by atoms with Gasteiger partial charge in [0.2, 0.25) is 0 Å². The fourth-order valence-corrected chi connectivity index (χ4v) is 7.92. The van der Waals surface area contributed by atoms with Crippen molar-refractivity contribution in [1.82, 2.24) is 0 Å². The Kier molecular flexibility index (Phi) is 2.85. The van der Waals surface area contributed by atoms with Crippen LogP contribution in [0.25, 0.3) is 0 Å². The van der Waals surface area contributed by atoms with Crippen molar-refractivity contribution in [2.24, 2.45) is 34.5 Å². The van der Waals surface area contributed by atoms with Crippen molar-refractivity contribution < 1.29 is 14.6 Å². The highest BCUT2D eigenvalue weighted by Gasteiger charge is 2.80. The molecule has 23 heavy (non-hydrogen) atoms. The molecule has 1 N–H and O–H groups in total. The number of carbonyl (C=O) groups is 1. The Hall–Kier alpha value is -0.410. The van der Waals surface area contributed by atoms with E-state index < -0.39 is 0 Å². The Morgan fingerprint density at radius 2 is 1.87 bits per heavy atom. The molecule has 4 saturated carbocycles. The van der Waals surface area contributed by atoms with Gasteiger partial charge in [0.15, 0.2) is 0 Å². The normalized spacial score (nSPS) is 63.4. The molecule has 4 aliphatic carbocycles. The molecule has 3 nitrogen and oxygen atoms in total. The first-order valence-corrected chi connectivity index (χ1v) is 9.77. The van der Waals surface area contributed by atoms with Gasteiger partial charge in [0.1, 0.15) is 11.9 Å². The third-order valence-corrected chi connectivity index (χ3v) is 9.29. The summed E-state index contributed by atoms with van der Waals surface area (Å²) in [5.74, 6) is 2.28. The van der Waals surface area contributed by atoms with Crippen LogP contribution in [-0.4, -0.2) is 29.2 Å². The van der Waals surface area contributed by atoms with Crippen LogP contribution in [0.1, 0.15) is 65.2 Å². The van der Waals surface area contributed by atoms with E-state index in [0.29, 0.717) is 23.4 Å². The van der Waals surface area contributed by atoms with Crippen LogP contribution in [0.5, 0.6) is 0 Å². The van der Waals surface area contributed by atoms with Gasteiger partial charge in [-0.1, -0.05) is 13.8 Å². The number of hydrogen-bond acceptors (Lipinski definition) is 3. The van der Waals surface area contributed by atoms with Crippen LogP contribution in [0.15, 0.2) is 0 Å². The molecule has 0 aromatic heterocycles. The zero-order valence-corrected chi connectivity index (χ0v) is 14.5. The van der Waals surface area contributed by atoms with E-state index in [1.807, 2.05) is 0 Å². The predicted molar refractivity (Wildman–Crippen MR) is 86.8 cm³/mol. The van der Waals surface area contributed by atoms with Gasteiger partial charge in [-0.3, -0.25) is 0 Å². The Bertz CT molecular complexity index is 547. The lowest BCUT2D eigenvalue weighted by Gasteiger charge is -2.60. The van der Waals surface area contributed by atoms with Gasteiger partial charge in [0.25, 0.3) is 0 Å². The fraction of sp³-hybridized carbons (Fsp3) is 0.950. The molecule has 0 aromatic rings. The molecule has 128 valence electrons. The number of aldehydes is 1. The molecule has 9 atom stereocenters. The van der Waals surface area contributed by atoms with Gasteiger partial charge >= 0.3 is 0 Å². The molecule has 0 amide bonds. The Balaban J connectivity index is 1.51. The summed E-state index contributed by atoms with van der Waals surface area (Å²) in [6, 6.07) is 0. The molecule has 0 bridgehead atoms. The van der Waals surface area contributed by atoms with Crippen molar-refractivity contribution in [1.29, 1.82) is 0 Å². The number of ether oxygens (including phenoxy) is 1. The fourth-order valence-electron chi connectivity index (χ4n) is 7.92. The highest BCUT2D eigenvalue weighted by Crippen LogP contribution is 2.76. The van der Waals surface area contributed by atoms with Crippen LogP contribution in [0.3, 0.4) is 0 Å². The van der Waals surface area contributed by atoms with Crippen molar-refractivity contribution in [3.63, 3.8) is 0 Å². The summed E-state index contributed by atoms with van der Waals surface area (Å²) in [4.78, 5) is 11.6. The molecule has 5 aliphatic rings. The molecule has 0 radical (unpaired) electrons. The summed E-state index contributed by atoms with van der Waals surface area (Å²) in [6.07, 6.45) is 10.5. The van der Waals surface area contributed by atoms with E-state index in [1.54, 1.807) is 0 Å². The summed E-state index contributed by atoms with van der Waals surface area (Å²) in [5.41, 5.74) is 0.484. The van der Waals surface area contributed by atoms with Gasteiger partial charge in [-0.15, -0.1) is 0 Å². The third-order valence-electron chi connectivity index (χ3n) is 9.29. The maximum atomic E-state index is 11.6. The van der Waals surface area contributed by atoms with E-state index in [-0.39, 0.29) is 23.0 Å². The quantitative estimate of drug-likeness (QED) is 0.596. The lowest BCUT2D eigenvalue weighted by atomic mass is 9.44. The van der Waals surface area contributed by atoms with Crippen molar-refractivity contribution >= 4 is 6.29 Å². The summed E-state index contributed by atoms with van der Waals surface area (Å²) in [6.45, 7) is 4.84. The lowest BCUT2D eigenvalue weighted by Crippen LogP contribution is -2.58. The summed E-state index contributed by atoms with van der Waals surface area (Å²) < 4.78 is 6.39. The van der Waals surface area contributed by atoms with Gasteiger partial charge < -0.3 is 14.6 Å². The van der Waals surface area contributed by atoms with Crippen LogP contribution in [0, 0.1) is 34.5 Å². The standard InChI is InChI=1S/C20H30O3/c1-18-7-5-14(22)9-12(18)3-4-16-15(18)6-8-19(2)13(11-21)10-17-20(16,19)23-17/h11-17,22H,3-10H2,1-2H3/t12?,13?,14-,15-,16+,17?,18-,19+,20-/m0/s1. The van der Waals surface area contributed by atoms with E-state index >= 15 is 0 Å². The maximum Gasteiger partial charge on any atom is 0.123 e. The van der Waals surface area contributed by atoms with Crippen molar-refractivity contribution in [3.05, 3.63) is 0 Å². The number of aliphatic hydroxyl groups excluding tert-OH is 1. The average molecular weight is 318 g/mol. The second-order valence-electron chi connectivity index (χ2n) is 9.76. The van der Waals surface area contributed by atoms with Crippen molar-refractivity contribution in [2.45, 2.75) is 83.0 Å². The number of fused-ring (bicyclic) bond motifs is 3. The molecule has 5 fully saturated rings. The third kappa shape index (κ3) is 1.57.